The number of likely N-dealkylation sites (N-methyl/N-ethyl adjacent to an activating group) is 1. The lowest BCUT2D eigenvalue weighted by molar-refractivity contribution is -0.384. The second-order valence-corrected chi connectivity index (χ2v) is 7.69. The fraction of sp³-hybridized carbons (Fsp3) is 0.409. The van der Waals surface area contributed by atoms with Crippen LogP contribution in [-0.4, -0.2) is 42.4 Å². The lowest BCUT2D eigenvalue weighted by Crippen LogP contribution is -2.34. The van der Waals surface area contributed by atoms with Gasteiger partial charge in [-0.25, -0.2) is 0 Å². The van der Waals surface area contributed by atoms with Gasteiger partial charge in [0.15, 0.2) is 0 Å². The summed E-state index contributed by atoms with van der Waals surface area (Å²) in [5.74, 6) is -0.317. The van der Waals surface area contributed by atoms with Gasteiger partial charge in [0, 0.05) is 24.2 Å². The van der Waals surface area contributed by atoms with Crippen LogP contribution in [0.25, 0.3) is 0 Å². The SMILES string of the molecule is CCc1ccc(C(CNC(=O)c2ccc(NC3CC3)c([N+](=O)[O-])c2)N(C)C)cc1. The predicted molar refractivity (Wildman–Crippen MR) is 114 cm³/mol. The summed E-state index contributed by atoms with van der Waals surface area (Å²) < 4.78 is 0. The van der Waals surface area contributed by atoms with Crippen molar-refractivity contribution >= 4 is 17.3 Å². The van der Waals surface area contributed by atoms with E-state index < -0.39 is 4.92 Å². The summed E-state index contributed by atoms with van der Waals surface area (Å²) in [5.41, 5.74) is 3.07. The number of hydrogen-bond acceptors (Lipinski definition) is 5. The molecule has 1 unspecified atom stereocenters. The summed E-state index contributed by atoms with van der Waals surface area (Å²) in [7, 11) is 3.93. The molecule has 0 bridgehead atoms. The Labute approximate surface area is 171 Å². The van der Waals surface area contributed by atoms with Crippen molar-refractivity contribution in [3.8, 4) is 0 Å². The molecule has 29 heavy (non-hydrogen) atoms. The number of nitrogens with zero attached hydrogens (tertiary/aromatic N) is 2. The maximum absolute atomic E-state index is 12.7. The average Bonchev–Trinajstić information content (AvgIpc) is 3.52. The van der Waals surface area contributed by atoms with Crippen LogP contribution in [0.3, 0.4) is 0 Å². The summed E-state index contributed by atoms with van der Waals surface area (Å²) in [6.07, 6.45) is 3.02. The molecule has 1 saturated carbocycles. The molecular weight excluding hydrogens is 368 g/mol. The molecule has 0 aromatic heterocycles. The third-order valence-electron chi connectivity index (χ3n) is 5.25. The first-order chi connectivity index (χ1) is 13.9. The van der Waals surface area contributed by atoms with E-state index in [0.717, 1.165) is 24.8 Å². The molecule has 0 aliphatic heterocycles. The zero-order chi connectivity index (χ0) is 21.0. The van der Waals surface area contributed by atoms with Crippen molar-refractivity contribution < 1.29 is 9.72 Å². The molecule has 2 N–H and O–H groups in total. The van der Waals surface area contributed by atoms with Crippen LogP contribution in [0.15, 0.2) is 42.5 Å². The summed E-state index contributed by atoms with van der Waals surface area (Å²) in [6, 6.07) is 13.3. The van der Waals surface area contributed by atoms with Gasteiger partial charge in [0.25, 0.3) is 11.6 Å². The molecule has 1 fully saturated rings. The number of benzene rings is 2. The number of nitro benzene ring substituents is 1. The minimum atomic E-state index is -0.445. The molecule has 154 valence electrons. The van der Waals surface area contributed by atoms with Gasteiger partial charge < -0.3 is 15.5 Å². The molecule has 1 aliphatic rings. The van der Waals surface area contributed by atoms with E-state index in [1.165, 1.54) is 11.6 Å². The first-order valence-corrected chi connectivity index (χ1v) is 9.97. The van der Waals surface area contributed by atoms with Gasteiger partial charge in [-0.2, -0.15) is 0 Å². The summed E-state index contributed by atoms with van der Waals surface area (Å²) in [6.45, 7) is 2.52. The van der Waals surface area contributed by atoms with E-state index in [0.29, 0.717) is 18.3 Å². The Hall–Kier alpha value is -2.93. The van der Waals surface area contributed by atoms with Crippen LogP contribution in [0, 0.1) is 10.1 Å². The van der Waals surface area contributed by atoms with Crippen molar-refractivity contribution in [1.29, 1.82) is 0 Å². The molecule has 0 spiro atoms. The zero-order valence-corrected chi connectivity index (χ0v) is 17.1. The highest BCUT2D eigenvalue weighted by molar-refractivity contribution is 5.95. The molecule has 3 rings (SSSR count). The monoisotopic (exact) mass is 396 g/mol. The first-order valence-electron chi connectivity index (χ1n) is 9.97. The van der Waals surface area contributed by atoms with Gasteiger partial charge in [0.2, 0.25) is 0 Å². The van der Waals surface area contributed by atoms with Gasteiger partial charge in [-0.1, -0.05) is 31.2 Å². The van der Waals surface area contributed by atoms with Crippen LogP contribution >= 0.6 is 0 Å². The van der Waals surface area contributed by atoms with Gasteiger partial charge in [0.05, 0.1) is 11.0 Å². The van der Waals surface area contributed by atoms with Gasteiger partial charge in [-0.3, -0.25) is 14.9 Å². The molecule has 1 atom stereocenters. The minimum absolute atomic E-state index is 0.00986. The van der Waals surface area contributed by atoms with Crippen molar-refractivity contribution in [2.24, 2.45) is 0 Å². The van der Waals surface area contributed by atoms with E-state index in [4.69, 9.17) is 0 Å². The maximum Gasteiger partial charge on any atom is 0.293 e. The molecule has 7 nitrogen and oxygen atoms in total. The number of nitrogens with one attached hydrogen (secondary N) is 2. The Morgan fingerprint density at radius 2 is 1.90 bits per heavy atom. The number of carbonyl (C=O) groups excluding carboxylic acids is 1. The molecule has 0 saturated heterocycles. The molecule has 7 heteroatoms. The fourth-order valence-electron chi connectivity index (χ4n) is 3.26. The molecule has 2 aromatic carbocycles. The number of aryl methyl sites for hydroxylation is 1. The van der Waals surface area contributed by atoms with E-state index in [1.54, 1.807) is 12.1 Å². The Bertz CT molecular complexity index is 876. The molecule has 1 aliphatic carbocycles. The normalized spacial score (nSPS) is 14.5. The van der Waals surface area contributed by atoms with Crippen LogP contribution in [-0.2, 0) is 6.42 Å². The van der Waals surface area contributed by atoms with E-state index in [-0.39, 0.29) is 23.2 Å². The largest absolute Gasteiger partial charge is 0.377 e. The molecule has 2 aromatic rings. The van der Waals surface area contributed by atoms with Gasteiger partial charge in [-0.15, -0.1) is 0 Å². The number of nitro groups is 1. The smallest absolute Gasteiger partial charge is 0.293 e. The van der Waals surface area contributed by atoms with Crippen LogP contribution < -0.4 is 10.6 Å². The lowest BCUT2D eigenvalue weighted by Gasteiger charge is -2.25. The number of amides is 1. The van der Waals surface area contributed by atoms with Crippen LogP contribution in [0.2, 0.25) is 0 Å². The quantitative estimate of drug-likeness (QED) is 0.498. The average molecular weight is 396 g/mol. The van der Waals surface area contributed by atoms with Crippen LogP contribution in [0.5, 0.6) is 0 Å². The molecular formula is C22H28N4O3. The molecule has 1 amide bonds. The van der Waals surface area contributed by atoms with Crippen molar-refractivity contribution in [2.45, 2.75) is 38.3 Å². The van der Waals surface area contributed by atoms with Crippen molar-refractivity contribution in [2.75, 3.05) is 26.0 Å². The zero-order valence-electron chi connectivity index (χ0n) is 17.1. The van der Waals surface area contributed by atoms with Crippen molar-refractivity contribution in [1.82, 2.24) is 10.2 Å². The topological polar surface area (TPSA) is 87.5 Å². The highest BCUT2D eigenvalue weighted by Gasteiger charge is 2.26. The van der Waals surface area contributed by atoms with E-state index >= 15 is 0 Å². The van der Waals surface area contributed by atoms with Gasteiger partial charge in [-0.05, 0) is 56.6 Å². The third-order valence-corrected chi connectivity index (χ3v) is 5.25. The minimum Gasteiger partial charge on any atom is -0.377 e. The van der Waals surface area contributed by atoms with Gasteiger partial charge in [0.1, 0.15) is 5.69 Å². The van der Waals surface area contributed by atoms with Crippen LogP contribution in [0.4, 0.5) is 11.4 Å². The van der Waals surface area contributed by atoms with Crippen LogP contribution in [0.1, 0.15) is 47.3 Å². The van der Waals surface area contributed by atoms with Crippen molar-refractivity contribution in [3.05, 3.63) is 69.3 Å². The predicted octanol–water partition coefficient (Wildman–Crippen LogP) is 3.76. The molecule has 0 radical (unpaired) electrons. The maximum atomic E-state index is 12.7. The Morgan fingerprint density at radius 3 is 2.45 bits per heavy atom. The lowest BCUT2D eigenvalue weighted by atomic mass is 10.0. The highest BCUT2D eigenvalue weighted by Crippen LogP contribution is 2.31. The van der Waals surface area contributed by atoms with E-state index in [2.05, 4.69) is 41.8 Å². The number of carbonyl (C=O) groups is 1. The Morgan fingerprint density at radius 1 is 1.21 bits per heavy atom. The van der Waals surface area contributed by atoms with Crippen molar-refractivity contribution in [3.63, 3.8) is 0 Å². The van der Waals surface area contributed by atoms with E-state index in [9.17, 15) is 14.9 Å². The molecule has 0 heterocycles. The summed E-state index contributed by atoms with van der Waals surface area (Å²) in [4.78, 5) is 25.7. The fourth-order valence-corrected chi connectivity index (χ4v) is 3.26. The summed E-state index contributed by atoms with van der Waals surface area (Å²) >= 11 is 0. The highest BCUT2D eigenvalue weighted by atomic mass is 16.6. The summed E-state index contributed by atoms with van der Waals surface area (Å²) in [5, 5.41) is 17.5. The number of anilines is 1. The second kappa shape index (κ2) is 9.05. The standard InChI is InChI=1S/C22H28N4O3/c1-4-15-5-7-16(8-6-15)21(25(2)3)14-23-22(27)17-9-12-19(24-18-10-11-18)20(13-17)26(28)29/h5-9,12-13,18,21,24H,4,10-11,14H2,1-3H3,(H,23,27). The Kier molecular flexibility index (Phi) is 6.49. The second-order valence-electron chi connectivity index (χ2n) is 7.69. The third kappa shape index (κ3) is 5.32. The van der Waals surface area contributed by atoms with Gasteiger partial charge >= 0.3 is 0 Å². The number of rotatable bonds is 9. The first kappa shape index (κ1) is 20.8. The van der Waals surface area contributed by atoms with E-state index in [1.807, 2.05) is 19.0 Å². The Balaban J connectivity index is 1.70. The number of hydrogen-bond donors (Lipinski definition) is 2.